The fourth-order valence-corrected chi connectivity index (χ4v) is 1.37. The number of methoxy groups -OCH3 is 1. The van der Waals surface area contributed by atoms with Gasteiger partial charge in [-0.25, -0.2) is 0 Å². The topological polar surface area (TPSA) is 65.1 Å². The van der Waals surface area contributed by atoms with Gasteiger partial charge in [0.2, 0.25) is 0 Å². The highest BCUT2D eigenvalue weighted by Crippen LogP contribution is 2.07. The summed E-state index contributed by atoms with van der Waals surface area (Å²) in [5.41, 5.74) is -0.500. The molecule has 0 unspecified atom stereocenters. The first-order valence-electron chi connectivity index (χ1n) is 6.31. The molecule has 0 aliphatic carbocycles. The van der Waals surface area contributed by atoms with E-state index < -0.39 is 5.60 Å². The van der Waals surface area contributed by atoms with Crippen molar-refractivity contribution >= 4 is 11.9 Å². The number of esters is 2. The van der Waals surface area contributed by atoms with Crippen molar-refractivity contribution in [1.29, 1.82) is 0 Å². The molecule has 0 aromatic rings. The third kappa shape index (κ3) is 11.7. The summed E-state index contributed by atoms with van der Waals surface area (Å²) in [6, 6.07) is 0. The molecule has 6 heteroatoms. The van der Waals surface area contributed by atoms with Gasteiger partial charge in [-0.2, -0.15) is 0 Å². The van der Waals surface area contributed by atoms with Crippen LogP contribution in [0.3, 0.4) is 0 Å². The van der Waals surface area contributed by atoms with Crippen molar-refractivity contribution in [2.24, 2.45) is 0 Å². The van der Waals surface area contributed by atoms with Gasteiger partial charge in [0.15, 0.2) is 0 Å². The molecule has 0 aliphatic rings. The second-order valence-corrected chi connectivity index (χ2v) is 5.20. The van der Waals surface area contributed by atoms with Gasteiger partial charge < -0.3 is 14.2 Å². The maximum absolute atomic E-state index is 11.7. The van der Waals surface area contributed by atoms with Crippen molar-refractivity contribution in [3.05, 3.63) is 0 Å². The van der Waals surface area contributed by atoms with Crippen molar-refractivity contribution < 1.29 is 23.8 Å². The molecule has 0 aromatic carbocycles. The average molecular weight is 275 g/mol. The lowest BCUT2D eigenvalue weighted by atomic mass is 10.2. The Labute approximate surface area is 115 Å². The molecule has 0 spiro atoms. The van der Waals surface area contributed by atoms with E-state index in [1.807, 2.05) is 25.7 Å². The van der Waals surface area contributed by atoms with E-state index >= 15 is 0 Å². The van der Waals surface area contributed by atoms with Crippen LogP contribution in [-0.2, 0) is 23.8 Å². The van der Waals surface area contributed by atoms with Crippen LogP contribution in [0.5, 0.6) is 0 Å². The lowest BCUT2D eigenvalue weighted by molar-refractivity contribution is -0.156. The van der Waals surface area contributed by atoms with Crippen molar-refractivity contribution in [3.63, 3.8) is 0 Å². The van der Waals surface area contributed by atoms with E-state index in [9.17, 15) is 9.59 Å². The zero-order chi connectivity index (χ0) is 14.9. The predicted molar refractivity (Wildman–Crippen MR) is 70.8 cm³/mol. The van der Waals surface area contributed by atoms with Crippen LogP contribution in [0.15, 0.2) is 0 Å². The third-order valence-corrected chi connectivity index (χ3v) is 2.10. The lowest BCUT2D eigenvalue weighted by Gasteiger charge is -2.24. The van der Waals surface area contributed by atoms with Gasteiger partial charge in [0.25, 0.3) is 0 Å². The molecule has 0 atom stereocenters. The molecule has 0 amide bonds. The molecule has 0 rings (SSSR count). The fourth-order valence-electron chi connectivity index (χ4n) is 1.37. The third-order valence-electron chi connectivity index (χ3n) is 2.10. The molecule has 0 saturated heterocycles. The summed E-state index contributed by atoms with van der Waals surface area (Å²) in [5.74, 6) is -0.629. The Morgan fingerprint density at radius 1 is 1.11 bits per heavy atom. The van der Waals surface area contributed by atoms with Gasteiger partial charge in [0, 0.05) is 27.1 Å². The average Bonchev–Trinajstić information content (AvgIpc) is 2.22. The quantitative estimate of drug-likeness (QED) is 0.612. The molecule has 19 heavy (non-hydrogen) atoms. The Balaban J connectivity index is 4.17. The van der Waals surface area contributed by atoms with Crippen molar-refractivity contribution in [2.75, 3.05) is 40.0 Å². The predicted octanol–water partition coefficient (Wildman–Crippen LogP) is 0.840. The molecule has 0 fully saturated rings. The first-order valence-corrected chi connectivity index (χ1v) is 6.31. The standard InChI is InChI=1S/C13H25NO5/c1-11(15)18-9-7-14(6-8-17-5)10-12(16)19-13(2,3)4/h6-10H2,1-5H3. The second kappa shape index (κ2) is 8.87. The summed E-state index contributed by atoms with van der Waals surface area (Å²) in [6.45, 7) is 8.79. The highest BCUT2D eigenvalue weighted by Gasteiger charge is 2.19. The van der Waals surface area contributed by atoms with Crippen molar-refractivity contribution in [2.45, 2.75) is 33.3 Å². The van der Waals surface area contributed by atoms with E-state index in [2.05, 4.69) is 0 Å². The van der Waals surface area contributed by atoms with Gasteiger partial charge in [-0.1, -0.05) is 0 Å². The zero-order valence-corrected chi connectivity index (χ0v) is 12.5. The maximum atomic E-state index is 11.7. The van der Waals surface area contributed by atoms with Crippen LogP contribution in [0, 0.1) is 0 Å². The highest BCUT2D eigenvalue weighted by molar-refractivity contribution is 5.72. The van der Waals surface area contributed by atoms with Crippen molar-refractivity contribution in [1.82, 2.24) is 4.90 Å². The number of ether oxygens (including phenoxy) is 3. The van der Waals surface area contributed by atoms with E-state index in [1.165, 1.54) is 6.92 Å². The lowest BCUT2D eigenvalue weighted by Crippen LogP contribution is -2.38. The van der Waals surface area contributed by atoms with Crippen LogP contribution in [-0.4, -0.2) is 62.4 Å². The van der Waals surface area contributed by atoms with E-state index in [0.717, 1.165) is 0 Å². The van der Waals surface area contributed by atoms with Crippen LogP contribution < -0.4 is 0 Å². The number of nitrogens with zero attached hydrogens (tertiary/aromatic N) is 1. The number of hydrogen-bond donors (Lipinski definition) is 0. The van der Waals surface area contributed by atoms with Gasteiger partial charge in [-0.15, -0.1) is 0 Å². The largest absolute Gasteiger partial charge is 0.465 e. The molecule has 6 nitrogen and oxygen atoms in total. The minimum absolute atomic E-state index is 0.155. The SMILES string of the molecule is COCCN(CCOC(C)=O)CC(=O)OC(C)(C)C. The summed E-state index contributed by atoms with van der Waals surface area (Å²) >= 11 is 0. The van der Waals surface area contributed by atoms with E-state index in [4.69, 9.17) is 14.2 Å². The van der Waals surface area contributed by atoms with E-state index in [-0.39, 0.29) is 25.1 Å². The summed E-state index contributed by atoms with van der Waals surface area (Å²) in [7, 11) is 1.59. The molecule has 0 aliphatic heterocycles. The molecule has 0 radical (unpaired) electrons. The molecular formula is C13H25NO5. The highest BCUT2D eigenvalue weighted by atomic mass is 16.6. The van der Waals surface area contributed by atoms with Crippen LogP contribution >= 0.6 is 0 Å². The molecule has 0 aromatic heterocycles. The molecular weight excluding hydrogens is 250 g/mol. The molecule has 0 N–H and O–H groups in total. The summed E-state index contributed by atoms with van der Waals surface area (Å²) in [5, 5.41) is 0. The van der Waals surface area contributed by atoms with Gasteiger partial charge in [-0.05, 0) is 20.8 Å². The second-order valence-electron chi connectivity index (χ2n) is 5.20. The molecule has 0 saturated carbocycles. The van der Waals surface area contributed by atoms with Crippen LogP contribution in [0.2, 0.25) is 0 Å². The Kier molecular flexibility index (Phi) is 8.34. The number of carbonyl (C=O) groups excluding carboxylic acids is 2. The smallest absolute Gasteiger partial charge is 0.320 e. The number of carbonyl (C=O) groups is 2. The summed E-state index contributed by atoms with van der Waals surface area (Å²) in [4.78, 5) is 24.2. The monoisotopic (exact) mass is 275 g/mol. The van der Waals surface area contributed by atoms with Crippen LogP contribution in [0.1, 0.15) is 27.7 Å². The Bertz CT molecular complexity index is 285. The van der Waals surface area contributed by atoms with E-state index in [1.54, 1.807) is 7.11 Å². The summed E-state index contributed by atoms with van der Waals surface area (Å²) in [6.07, 6.45) is 0. The maximum Gasteiger partial charge on any atom is 0.320 e. The van der Waals surface area contributed by atoms with Gasteiger partial charge in [-0.3, -0.25) is 14.5 Å². The van der Waals surface area contributed by atoms with Crippen LogP contribution in [0.4, 0.5) is 0 Å². The van der Waals surface area contributed by atoms with E-state index in [0.29, 0.717) is 19.7 Å². The number of hydrogen-bond acceptors (Lipinski definition) is 6. The van der Waals surface area contributed by atoms with Gasteiger partial charge >= 0.3 is 11.9 Å². The van der Waals surface area contributed by atoms with Crippen molar-refractivity contribution in [3.8, 4) is 0 Å². The Morgan fingerprint density at radius 3 is 2.16 bits per heavy atom. The minimum atomic E-state index is -0.500. The first-order chi connectivity index (χ1) is 8.74. The zero-order valence-electron chi connectivity index (χ0n) is 12.5. The molecule has 0 heterocycles. The molecule has 112 valence electrons. The van der Waals surface area contributed by atoms with Gasteiger partial charge in [0.1, 0.15) is 12.2 Å². The Morgan fingerprint density at radius 2 is 1.68 bits per heavy atom. The number of rotatable bonds is 8. The normalized spacial score (nSPS) is 11.5. The first kappa shape index (κ1) is 17.9. The van der Waals surface area contributed by atoms with Gasteiger partial charge in [0.05, 0.1) is 13.2 Å². The Hall–Kier alpha value is -1.14. The molecule has 0 bridgehead atoms. The van der Waals surface area contributed by atoms with Crippen LogP contribution in [0.25, 0.3) is 0 Å². The fraction of sp³-hybridized carbons (Fsp3) is 0.846. The summed E-state index contributed by atoms with van der Waals surface area (Å²) < 4.78 is 15.1. The minimum Gasteiger partial charge on any atom is -0.465 e.